The first-order valence-electron chi connectivity index (χ1n) is 8.09. The van der Waals surface area contributed by atoms with Crippen molar-refractivity contribution in [3.05, 3.63) is 29.3 Å². The monoisotopic (exact) mass is 334 g/mol. The molecule has 0 spiro atoms. The highest BCUT2D eigenvalue weighted by Gasteiger charge is 2.45. The second-order valence-electron chi connectivity index (χ2n) is 6.55. The minimum Gasteiger partial charge on any atom is -0.377 e. The molecule has 4 rings (SSSR count). The van der Waals surface area contributed by atoms with Crippen LogP contribution in [0.4, 0.5) is 5.69 Å². The number of fused-ring (bicyclic) bond motifs is 2. The zero-order valence-electron chi connectivity index (χ0n) is 12.8. The molecule has 0 aromatic heterocycles. The number of morpholine rings is 1. The van der Waals surface area contributed by atoms with E-state index in [2.05, 4.69) is 0 Å². The van der Waals surface area contributed by atoms with Gasteiger partial charge in [0.05, 0.1) is 31.2 Å². The topological polar surface area (TPSA) is 49.9 Å². The second kappa shape index (κ2) is 5.80. The number of hydrogen-bond donors (Lipinski definition) is 0. The van der Waals surface area contributed by atoms with Crippen molar-refractivity contribution in [2.45, 2.75) is 31.3 Å². The van der Waals surface area contributed by atoms with Crippen LogP contribution in [0.3, 0.4) is 0 Å². The summed E-state index contributed by atoms with van der Waals surface area (Å²) in [5.41, 5.74) is 0.805. The molecule has 0 radical (unpaired) electrons. The van der Waals surface area contributed by atoms with Crippen LogP contribution >= 0.6 is 11.6 Å². The van der Waals surface area contributed by atoms with Crippen molar-refractivity contribution in [2.75, 3.05) is 24.7 Å². The van der Waals surface area contributed by atoms with Gasteiger partial charge in [-0.25, -0.2) is 0 Å². The van der Waals surface area contributed by atoms with Crippen LogP contribution in [0.1, 0.15) is 19.3 Å². The fraction of sp³-hybridized carbons (Fsp3) is 0.529. The summed E-state index contributed by atoms with van der Waals surface area (Å²) in [6, 6.07) is 7.57. The lowest BCUT2D eigenvalue weighted by molar-refractivity contribution is -0.145. The number of halogens is 1. The zero-order chi connectivity index (χ0) is 16.0. The Bertz CT molecular complexity index is 617. The molecule has 2 bridgehead atoms. The Morgan fingerprint density at radius 1 is 1.13 bits per heavy atom. The van der Waals surface area contributed by atoms with E-state index >= 15 is 0 Å². The van der Waals surface area contributed by atoms with Crippen molar-refractivity contribution in [2.24, 2.45) is 5.92 Å². The zero-order valence-corrected chi connectivity index (χ0v) is 13.5. The summed E-state index contributed by atoms with van der Waals surface area (Å²) >= 11 is 5.90. The Morgan fingerprint density at radius 2 is 1.78 bits per heavy atom. The first-order chi connectivity index (χ1) is 11.1. The van der Waals surface area contributed by atoms with E-state index in [1.165, 1.54) is 0 Å². The number of benzene rings is 1. The molecule has 3 aliphatic heterocycles. The van der Waals surface area contributed by atoms with Gasteiger partial charge in [-0.2, -0.15) is 0 Å². The number of rotatable bonds is 2. The molecule has 5 nitrogen and oxygen atoms in total. The van der Waals surface area contributed by atoms with Crippen LogP contribution < -0.4 is 4.90 Å². The summed E-state index contributed by atoms with van der Waals surface area (Å²) < 4.78 is 5.54. The standard InChI is InChI=1S/C17H19ClN2O3/c18-12-1-3-13(4-2-12)19-8-11(7-16(19)21)17(22)20-14-5-6-15(20)10-23-9-14/h1-4,11,14-15H,5-10H2/t11-,14+,15+/m1/s1. The average molecular weight is 335 g/mol. The molecule has 122 valence electrons. The second-order valence-corrected chi connectivity index (χ2v) is 6.99. The van der Waals surface area contributed by atoms with Crippen molar-refractivity contribution < 1.29 is 14.3 Å². The largest absolute Gasteiger partial charge is 0.377 e. The third-order valence-electron chi connectivity index (χ3n) is 5.11. The molecule has 2 amide bonds. The first-order valence-corrected chi connectivity index (χ1v) is 8.47. The fourth-order valence-corrected chi connectivity index (χ4v) is 4.07. The summed E-state index contributed by atoms with van der Waals surface area (Å²) in [5, 5.41) is 0.637. The van der Waals surface area contributed by atoms with Crippen molar-refractivity contribution in [1.29, 1.82) is 0 Å². The van der Waals surface area contributed by atoms with E-state index in [1.54, 1.807) is 17.0 Å². The van der Waals surface area contributed by atoms with Crippen LogP contribution in [-0.4, -0.2) is 48.6 Å². The van der Waals surface area contributed by atoms with Gasteiger partial charge in [0, 0.05) is 23.7 Å². The molecular formula is C17H19ClN2O3. The van der Waals surface area contributed by atoms with Crippen molar-refractivity contribution in [3.63, 3.8) is 0 Å². The number of hydrogen-bond acceptors (Lipinski definition) is 3. The highest BCUT2D eigenvalue weighted by Crippen LogP contribution is 2.33. The lowest BCUT2D eigenvalue weighted by Gasteiger charge is -2.36. The molecule has 3 aliphatic rings. The van der Waals surface area contributed by atoms with E-state index in [4.69, 9.17) is 16.3 Å². The molecule has 3 heterocycles. The maximum Gasteiger partial charge on any atom is 0.228 e. The van der Waals surface area contributed by atoms with Crippen LogP contribution in [0.25, 0.3) is 0 Å². The van der Waals surface area contributed by atoms with E-state index in [1.807, 2.05) is 17.0 Å². The normalized spacial score (nSPS) is 30.1. The lowest BCUT2D eigenvalue weighted by Crippen LogP contribution is -2.51. The molecule has 6 heteroatoms. The van der Waals surface area contributed by atoms with Gasteiger partial charge in [-0.05, 0) is 37.1 Å². The van der Waals surface area contributed by atoms with Gasteiger partial charge in [0.15, 0.2) is 0 Å². The minimum atomic E-state index is -0.251. The first kappa shape index (κ1) is 15.0. The third-order valence-corrected chi connectivity index (χ3v) is 5.36. The van der Waals surface area contributed by atoms with Crippen LogP contribution in [-0.2, 0) is 14.3 Å². The molecule has 1 aromatic rings. The van der Waals surface area contributed by atoms with E-state index in [0.29, 0.717) is 24.8 Å². The van der Waals surface area contributed by atoms with Gasteiger partial charge < -0.3 is 14.5 Å². The van der Waals surface area contributed by atoms with Gasteiger partial charge >= 0.3 is 0 Å². The summed E-state index contributed by atoms with van der Waals surface area (Å²) in [5.74, 6) is -0.128. The number of ether oxygens (including phenoxy) is 1. The number of amides is 2. The molecule has 3 atom stereocenters. The highest BCUT2D eigenvalue weighted by molar-refractivity contribution is 6.30. The number of anilines is 1. The van der Waals surface area contributed by atoms with Gasteiger partial charge in [-0.15, -0.1) is 0 Å². The molecule has 0 N–H and O–H groups in total. The minimum absolute atomic E-state index is 0.00581. The van der Waals surface area contributed by atoms with Gasteiger partial charge in [0.2, 0.25) is 11.8 Å². The Hall–Kier alpha value is -1.59. The van der Waals surface area contributed by atoms with Crippen LogP contribution in [0.15, 0.2) is 24.3 Å². The van der Waals surface area contributed by atoms with E-state index < -0.39 is 0 Å². The van der Waals surface area contributed by atoms with Gasteiger partial charge in [-0.3, -0.25) is 9.59 Å². The van der Waals surface area contributed by atoms with Gasteiger partial charge in [-0.1, -0.05) is 11.6 Å². The summed E-state index contributed by atoms with van der Waals surface area (Å²) in [6.45, 7) is 1.71. The average Bonchev–Trinajstić information content (AvgIpc) is 3.05. The summed E-state index contributed by atoms with van der Waals surface area (Å²) in [6.07, 6.45) is 2.31. The van der Waals surface area contributed by atoms with E-state index in [0.717, 1.165) is 18.5 Å². The van der Waals surface area contributed by atoms with E-state index in [9.17, 15) is 9.59 Å². The molecule has 0 saturated carbocycles. The smallest absolute Gasteiger partial charge is 0.228 e. The molecule has 0 aliphatic carbocycles. The Balaban J connectivity index is 1.50. The molecule has 1 aromatic carbocycles. The molecule has 3 saturated heterocycles. The van der Waals surface area contributed by atoms with Crippen LogP contribution in [0, 0.1) is 5.92 Å². The lowest BCUT2D eigenvalue weighted by atomic mass is 10.1. The van der Waals surface area contributed by atoms with Crippen molar-refractivity contribution >= 4 is 29.1 Å². The molecule has 23 heavy (non-hydrogen) atoms. The van der Waals surface area contributed by atoms with Gasteiger partial charge in [0.25, 0.3) is 0 Å². The Morgan fingerprint density at radius 3 is 2.43 bits per heavy atom. The molecular weight excluding hydrogens is 316 g/mol. The Kier molecular flexibility index (Phi) is 3.77. The summed E-state index contributed by atoms with van der Waals surface area (Å²) in [4.78, 5) is 28.9. The van der Waals surface area contributed by atoms with Crippen molar-refractivity contribution in [1.82, 2.24) is 4.90 Å². The predicted octanol–water partition coefficient (Wildman–Crippen LogP) is 2.08. The number of carbonyl (C=O) groups is 2. The maximum absolute atomic E-state index is 12.9. The quantitative estimate of drug-likeness (QED) is 0.832. The summed E-state index contributed by atoms with van der Waals surface area (Å²) in [7, 11) is 0. The van der Waals surface area contributed by atoms with Crippen molar-refractivity contribution in [3.8, 4) is 0 Å². The van der Waals surface area contributed by atoms with Gasteiger partial charge in [0.1, 0.15) is 0 Å². The van der Waals surface area contributed by atoms with E-state index in [-0.39, 0.29) is 36.2 Å². The van der Waals surface area contributed by atoms with Crippen LogP contribution in [0.5, 0.6) is 0 Å². The van der Waals surface area contributed by atoms with Crippen LogP contribution in [0.2, 0.25) is 5.02 Å². The predicted molar refractivity (Wildman–Crippen MR) is 86.4 cm³/mol. The maximum atomic E-state index is 12.9. The fourth-order valence-electron chi connectivity index (χ4n) is 3.94. The molecule has 0 unspecified atom stereocenters. The molecule has 3 fully saturated rings. The SMILES string of the molecule is O=C1C[C@@H](C(=O)N2[C@H]3CC[C@H]2COC3)CN1c1ccc(Cl)cc1. The Labute approximate surface area is 140 Å². The highest BCUT2D eigenvalue weighted by atomic mass is 35.5. The number of nitrogens with zero attached hydrogens (tertiary/aromatic N) is 2. The number of carbonyl (C=O) groups excluding carboxylic acids is 2. The third kappa shape index (κ3) is 2.62.